The lowest BCUT2D eigenvalue weighted by Gasteiger charge is -2.12. The summed E-state index contributed by atoms with van der Waals surface area (Å²) in [7, 11) is 0. The zero-order valence-corrected chi connectivity index (χ0v) is 12.2. The zero-order chi connectivity index (χ0) is 14.7. The van der Waals surface area contributed by atoms with Crippen molar-refractivity contribution in [3.05, 3.63) is 65.0 Å². The van der Waals surface area contributed by atoms with Crippen molar-refractivity contribution in [2.75, 3.05) is 13.1 Å². The molecule has 3 rings (SSSR count). The fourth-order valence-electron chi connectivity index (χ4n) is 2.78. The van der Waals surface area contributed by atoms with Crippen LogP contribution in [0.4, 0.5) is 4.39 Å². The van der Waals surface area contributed by atoms with E-state index in [1.54, 1.807) is 12.1 Å². The number of rotatable bonds is 5. The van der Waals surface area contributed by atoms with Gasteiger partial charge < -0.3 is 10.1 Å². The molecule has 1 heterocycles. The molecule has 1 N–H and O–H groups in total. The van der Waals surface area contributed by atoms with Crippen LogP contribution < -0.4 is 10.1 Å². The van der Waals surface area contributed by atoms with Gasteiger partial charge >= 0.3 is 0 Å². The third kappa shape index (κ3) is 3.42. The molecule has 0 amide bonds. The first-order valence-electron chi connectivity index (χ1n) is 7.42. The van der Waals surface area contributed by atoms with Crippen molar-refractivity contribution in [3.8, 4) is 5.75 Å². The molecule has 0 saturated carbocycles. The maximum Gasteiger partial charge on any atom is 0.123 e. The van der Waals surface area contributed by atoms with Crippen molar-refractivity contribution in [2.45, 2.75) is 25.9 Å². The molecule has 2 nitrogen and oxygen atoms in total. The van der Waals surface area contributed by atoms with Crippen molar-refractivity contribution in [1.29, 1.82) is 0 Å². The second-order valence-electron chi connectivity index (χ2n) is 5.58. The summed E-state index contributed by atoms with van der Waals surface area (Å²) >= 11 is 0. The van der Waals surface area contributed by atoms with E-state index in [1.165, 1.54) is 17.2 Å². The molecule has 0 spiro atoms. The Morgan fingerprint density at radius 2 is 2.10 bits per heavy atom. The second kappa shape index (κ2) is 6.27. The minimum absolute atomic E-state index is 0.110. The van der Waals surface area contributed by atoms with Gasteiger partial charge in [-0.25, -0.2) is 4.39 Å². The first-order valence-corrected chi connectivity index (χ1v) is 7.42. The molecule has 0 saturated heterocycles. The van der Waals surface area contributed by atoms with Crippen LogP contribution in [0.3, 0.4) is 0 Å². The van der Waals surface area contributed by atoms with Gasteiger partial charge in [-0.1, -0.05) is 24.3 Å². The van der Waals surface area contributed by atoms with E-state index >= 15 is 0 Å². The molecular formula is C18H20FNO. The monoisotopic (exact) mass is 285 g/mol. The molecule has 2 aromatic rings. The van der Waals surface area contributed by atoms with Gasteiger partial charge in [0.2, 0.25) is 0 Å². The van der Waals surface area contributed by atoms with E-state index in [0.717, 1.165) is 37.2 Å². The molecule has 21 heavy (non-hydrogen) atoms. The molecule has 0 fully saturated rings. The third-order valence-corrected chi connectivity index (χ3v) is 3.97. The maximum atomic E-state index is 13.1. The van der Waals surface area contributed by atoms with E-state index in [4.69, 9.17) is 4.74 Å². The van der Waals surface area contributed by atoms with Gasteiger partial charge in [0.05, 0.1) is 0 Å². The van der Waals surface area contributed by atoms with Crippen LogP contribution >= 0.6 is 0 Å². The van der Waals surface area contributed by atoms with Gasteiger partial charge in [0.25, 0.3) is 0 Å². The fourth-order valence-corrected chi connectivity index (χ4v) is 2.78. The average Bonchev–Trinajstić information content (AvgIpc) is 2.87. The van der Waals surface area contributed by atoms with Crippen LogP contribution in [0.25, 0.3) is 0 Å². The number of benzene rings is 2. The Labute approximate surface area is 125 Å². The Bertz CT molecular complexity index is 626. The third-order valence-electron chi connectivity index (χ3n) is 3.97. The predicted octanol–water partition coefficient (Wildman–Crippen LogP) is 3.27. The largest absolute Gasteiger partial charge is 0.488 e. The molecule has 1 aliphatic heterocycles. The molecule has 1 atom stereocenters. The normalized spacial score (nSPS) is 16.6. The summed E-state index contributed by atoms with van der Waals surface area (Å²) in [5.74, 6) is 0.632. The summed E-state index contributed by atoms with van der Waals surface area (Å²) in [6, 6.07) is 13.2. The van der Waals surface area contributed by atoms with Crippen LogP contribution in [0.5, 0.6) is 5.75 Å². The summed E-state index contributed by atoms with van der Waals surface area (Å²) in [6.45, 7) is 3.86. The summed E-state index contributed by atoms with van der Waals surface area (Å²) < 4.78 is 19.0. The van der Waals surface area contributed by atoms with Gasteiger partial charge in [0, 0.05) is 18.5 Å². The standard InChI is InChI=1S/C18H20FNO/c1-13-4-2-3-5-14(13)8-9-20-12-17-11-15-10-16(19)6-7-18(15)21-17/h2-7,10,17,20H,8-9,11-12H2,1H3. The molecule has 110 valence electrons. The van der Waals surface area contributed by atoms with Crippen LogP contribution in [-0.2, 0) is 12.8 Å². The van der Waals surface area contributed by atoms with E-state index in [1.807, 2.05) is 0 Å². The molecule has 0 aliphatic carbocycles. The topological polar surface area (TPSA) is 21.3 Å². The van der Waals surface area contributed by atoms with Crippen LogP contribution in [0.1, 0.15) is 16.7 Å². The van der Waals surface area contributed by atoms with Crippen molar-refractivity contribution in [3.63, 3.8) is 0 Å². The molecule has 0 aromatic heterocycles. The molecular weight excluding hydrogens is 265 g/mol. The summed E-state index contributed by atoms with van der Waals surface area (Å²) in [5, 5.41) is 3.43. The Balaban J connectivity index is 1.44. The van der Waals surface area contributed by atoms with Gasteiger partial charge in [-0.3, -0.25) is 0 Å². The first-order chi connectivity index (χ1) is 10.2. The van der Waals surface area contributed by atoms with E-state index in [2.05, 4.69) is 36.5 Å². The number of nitrogens with one attached hydrogen (secondary N) is 1. The van der Waals surface area contributed by atoms with Gasteiger partial charge in [-0.15, -0.1) is 0 Å². The van der Waals surface area contributed by atoms with Gasteiger partial charge in [-0.05, 0) is 49.2 Å². The van der Waals surface area contributed by atoms with E-state index in [9.17, 15) is 4.39 Å². The lowest BCUT2D eigenvalue weighted by molar-refractivity contribution is 0.228. The number of fused-ring (bicyclic) bond motifs is 1. The lowest BCUT2D eigenvalue weighted by Crippen LogP contribution is -2.31. The van der Waals surface area contributed by atoms with Crippen molar-refractivity contribution in [1.82, 2.24) is 5.32 Å². The lowest BCUT2D eigenvalue weighted by atomic mass is 10.1. The number of hydrogen-bond donors (Lipinski definition) is 1. The van der Waals surface area contributed by atoms with Crippen molar-refractivity contribution < 1.29 is 9.13 Å². The highest BCUT2D eigenvalue weighted by Gasteiger charge is 2.22. The predicted molar refractivity (Wildman–Crippen MR) is 82.3 cm³/mol. The SMILES string of the molecule is Cc1ccccc1CCNCC1Cc2cc(F)ccc2O1. The quantitative estimate of drug-likeness (QED) is 0.851. The molecule has 1 aliphatic rings. The average molecular weight is 285 g/mol. The highest BCUT2D eigenvalue weighted by atomic mass is 19.1. The van der Waals surface area contributed by atoms with Crippen LogP contribution in [0.15, 0.2) is 42.5 Å². The van der Waals surface area contributed by atoms with Crippen LogP contribution in [0, 0.1) is 12.7 Å². The molecule has 0 bridgehead atoms. The smallest absolute Gasteiger partial charge is 0.123 e. The first kappa shape index (κ1) is 14.1. The number of halogens is 1. The summed E-state index contributed by atoms with van der Waals surface area (Å²) in [5.41, 5.74) is 3.68. The van der Waals surface area contributed by atoms with E-state index < -0.39 is 0 Å². The van der Waals surface area contributed by atoms with Gasteiger partial charge in [0.15, 0.2) is 0 Å². The Kier molecular flexibility index (Phi) is 4.20. The highest BCUT2D eigenvalue weighted by Crippen LogP contribution is 2.28. The number of hydrogen-bond acceptors (Lipinski definition) is 2. The van der Waals surface area contributed by atoms with Crippen LogP contribution in [0.2, 0.25) is 0 Å². The Hall–Kier alpha value is -1.87. The number of ether oxygens (including phenoxy) is 1. The van der Waals surface area contributed by atoms with Gasteiger partial charge in [-0.2, -0.15) is 0 Å². The van der Waals surface area contributed by atoms with Crippen molar-refractivity contribution >= 4 is 0 Å². The number of aryl methyl sites for hydroxylation is 1. The molecule has 0 radical (unpaired) electrons. The summed E-state index contributed by atoms with van der Waals surface area (Å²) in [4.78, 5) is 0. The van der Waals surface area contributed by atoms with Gasteiger partial charge in [0.1, 0.15) is 17.7 Å². The molecule has 2 aromatic carbocycles. The Morgan fingerprint density at radius 1 is 1.24 bits per heavy atom. The van der Waals surface area contributed by atoms with Crippen molar-refractivity contribution in [2.24, 2.45) is 0 Å². The zero-order valence-electron chi connectivity index (χ0n) is 12.2. The van der Waals surface area contributed by atoms with E-state index in [0.29, 0.717) is 0 Å². The maximum absolute atomic E-state index is 13.1. The highest BCUT2D eigenvalue weighted by molar-refractivity contribution is 5.38. The second-order valence-corrected chi connectivity index (χ2v) is 5.58. The Morgan fingerprint density at radius 3 is 2.95 bits per heavy atom. The minimum atomic E-state index is -0.189. The fraction of sp³-hybridized carbons (Fsp3) is 0.333. The summed E-state index contributed by atoms with van der Waals surface area (Å²) in [6.07, 6.45) is 1.91. The molecule has 3 heteroatoms. The minimum Gasteiger partial charge on any atom is -0.488 e. The molecule has 1 unspecified atom stereocenters. The van der Waals surface area contributed by atoms with E-state index in [-0.39, 0.29) is 11.9 Å². The van der Waals surface area contributed by atoms with Crippen LogP contribution in [-0.4, -0.2) is 19.2 Å².